The summed E-state index contributed by atoms with van der Waals surface area (Å²) in [4.78, 5) is 27.6. The molecule has 0 saturated carbocycles. The minimum absolute atomic E-state index is 0.0982. The zero-order chi connectivity index (χ0) is 15.4. The Labute approximate surface area is 129 Å². The van der Waals surface area contributed by atoms with E-state index in [1.165, 1.54) is 18.2 Å². The highest BCUT2D eigenvalue weighted by Gasteiger charge is 2.29. The summed E-state index contributed by atoms with van der Waals surface area (Å²) in [6.07, 6.45) is 2.10. The van der Waals surface area contributed by atoms with Crippen LogP contribution in [0.5, 0.6) is 0 Å². The topological polar surface area (TPSA) is 96.0 Å². The molecule has 1 aromatic heterocycles. The number of Topliss-reactive ketones (excluding diaryl/α,β-unsaturated/α-hetero) is 1. The van der Waals surface area contributed by atoms with Crippen LogP contribution in [0.25, 0.3) is 0 Å². The lowest BCUT2D eigenvalue weighted by Crippen LogP contribution is -2.29. The van der Waals surface area contributed by atoms with Gasteiger partial charge >= 0.3 is 0 Å². The van der Waals surface area contributed by atoms with Gasteiger partial charge in [-0.05, 0) is 18.2 Å². The van der Waals surface area contributed by atoms with Gasteiger partial charge in [0, 0.05) is 5.02 Å². The van der Waals surface area contributed by atoms with Crippen molar-refractivity contribution in [3.63, 3.8) is 0 Å². The minimum atomic E-state index is -1.55. The summed E-state index contributed by atoms with van der Waals surface area (Å²) in [6, 6.07) is 6.05. The van der Waals surface area contributed by atoms with Crippen molar-refractivity contribution in [3.05, 3.63) is 46.6 Å². The molecule has 1 N–H and O–H groups in total. The maximum absolute atomic E-state index is 12.0. The first-order valence-corrected chi connectivity index (χ1v) is 6.36. The Morgan fingerprint density at radius 1 is 1.38 bits per heavy atom. The molecule has 6 nitrogen and oxygen atoms in total. The van der Waals surface area contributed by atoms with Crippen molar-refractivity contribution in [1.82, 2.24) is 4.98 Å². The quantitative estimate of drug-likeness (QED) is 0.689. The van der Waals surface area contributed by atoms with E-state index in [0.29, 0.717) is 5.02 Å². The fraction of sp³-hybridized carbons (Fsp3) is 0.0769. The van der Waals surface area contributed by atoms with Crippen LogP contribution in [-0.2, 0) is 4.79 Å². The van der Waals surface area contributed by atoms with Crippen molar-refractivity contribution in [3.8, 4) is 6.07 Å². The van der Waals surface area contributed by atoms with Gasteiger partial charge < -0.3 is 9.73 Å². The molecule has 1 heterocycles. The van der Waals surface area contributed by atoms with Crippen LogP contribution in [0, 0.1) is 17.2 Å². The molecule has 0 unspecified atom stereocenters. The fourth-order valence-corrected chi connectivity index (χ4v) is 1.97. The van der Waals surface area contributed by atoms with Gasteiger partial charge in [-0.1, -0.05) is 23.2 Å². The number of nitrogens with zero attached hydrogens (tertiary/aromatic N) is 2. The molecule has 106 valence electrons. The summed E-state index contributed by atoms with van der Waals surface area (Å²) in [6.45, 7) is 0. The zero-order valence-electron chi connectivity index (χ0n) is 10.3. The number of aromatic nitrogens is 1. The molecular weight excluding hydrogens is 317 g/mol. The van der Waals surface area contributed by atoms with Gasteiger partial charge in [-0.15, -0.1) is 0 Å². The van der Waals surface area contributed by atoms with E-state index in [9.17, 15) is 9.59 Å². The lowest BCUT2D eigenvalue weighted by Gasteiger charge is -2.09. The number of oxazole rings is 1. The number of amides is 1. The van der Waals surface area contributed by atoms with E-state index in [4.69, 9.17) is 28.5 Å². The summed E-state index contributed by atoms with van der Waals surface area (Å²) in [5.41, 5.74) is 0.151. The third-order valence-electron chi connectivity index (χ3n) is 2.53. The van der Waals surface area contributed by atoms with Crippen LogP contribution >= 0.6 is 23.2 Å². The van der Waals surface area contributed by atoms with Gasteiger partial charge in [0.1, 0.15) is 12.0 Å². The minimum Gasteiger partial charge on any atom is -0.451 e. The summed E-state index contributed by atoms with van der Waals surface area (Å²) in [7, 11) is 0. The number of hydrogen-bond acceptors (Lipinski definition) is 5. The molecule has 1 aromatic carbocycles. The molecule has 0 radical (unpaired) electrons. The molecular formula is C13H7Cl2N3O3. The van der Waals surface area contributed by atoms with E-state index < -0.39 is 17.6 Å². The number of rotatable bonds is 4. The van der Waals surface area contributed by atoms with Gasteiger partial charge in [-0.2, -0.15) is 5.26 Å². The third-order valence-corrected chi connectivity index (χ3v) is 3.08. The second-order valence-corrected chi connectivity index (χ2v) is 4.76. The highest BCUT2D eigenvalue weighted by atomic mass is 35.5. The van der Waals surface area contributed by atoms with E-state index >= 15 is 0 Å². The average Bonchev–Trinajstić information content (AvgIpc) is 2.96. The lowest BCUT2D eigenvalue weighted by molar-refractivity contribution is -0.117. The number of benzene rings is 1. The molecule has 1 atom stereocenters. The number of halogens is 2. The van der Waals surface area contributed by atoms with Crippen LogP contribution in [0.2, 0.25) is 10.0 Å². The number of hydrogen-bond donors (Lipinski definition) is 1. The smallest absolute Gasteiger partial charge is 0.249 e. The lowest BCUT2D eigenvalue weighted by atomic mass is 10.0. The van der Waals surface area contributed by atoms with E-state index in [0.717, 1.165) is 12.7 Å². The Morgan fingerprint density at radius 2 is 2.14 bits per heavy atom. The number of carbonyl (C=O) groups excluding carboxylic acids is 2. The Kier molecular flexibility index (Phi) is 4.58. The Bertz CT molecular complexity index is 723. The number of nitrogens with one attached hydrogen (secondary N) is 1. The van der Waals surface area contributed by atoms with Gasteiger partial charge in [-0.25, -0.2) is 4.98 Å². The summed E-state index contributed by atoms with van der Waals surface area (Å²) >= 11 is 11.6. The van der Waals surface area contributed by atoms with E-state index in [1.807, 2.05) is 0 Å². The standard InChI is InChI=1S/C13H7Cl2N3O3/c14-7-1-2-10(9(15)3-7)18-13(20)8(4-16)12(19)11-5-21-6-17-11/h1-3,5-6,8H,(H,18,20)/t8-/m1/s1. The van der Waals surface area contributed by atoms with Crippen LogP contribution in [-0.4, -0.2) is 16.7 Å². The number of ketones is 1. The van der Waals surface area contributed by atoms with Crippen LogP contribution in [0.3, 0.4) is 0 Å². The Morgan fingerprint density at radius 3 is 2.71 bits per heavy atom. The molecule has 0 fully saturated rings. The molecule has 21 heavy (non-hydrogen) atoms. The predicted octanol–water partition coefficient (Wildman–Crippen LogP) is 2.94. The summed E-state index contributed by atoms with van der Waals surface area (Å²) in [5.74, 6) is -3.12. The predicted molar refractivity (Wildman–Crippen MR) is 75.0 cm³/mol. The normalized spacial score (nSPS) is 11.5. The molecule has 1 amide bonds. The molecule has 0 bridgehead atoms. The second-order valence-electron chi connectivity index (χ2n) is 3.91. The Hall–Kier alpha value is -2.36. The number of nitriles is 1. The second kappa shape index (κ2) is 6.39. The monoisotopic (exact) mass is 323 g/mol. The average molecular weight is 324 g/mol. The summed E-state index contributed by atoms with van der Waals surface area (Å²) in [5, 5.41) is 12.0. The SMILES string of the molecule is N#C[C@@H](C(=O)Nc1ccc(Cl)cc1Cl)C(=O)c1cocn1. The van der Waals surface area contributed by atoms with Gasteiger partial charge in [0.2, 0.25) is 11.7 Å². The van der Waals surface area contributed by atoms with Crippen molar-refractivity contribution in [2.24, 2.45) is 5.92 Å². The van der Waals surface area contributed by atoms with E-state index in [-0.39, 0.29) is 16.4 Å². The first kappa shape index (κ1) is 15.0. The molecule has 0 aliphatic heterocycles. The maximum atomic E-state index is 12.0. The molecule has 2 rings (SSSR count). The van der Waals surface area contributed by atoms with Gasteiger partial charge in [0.25, 0.3) is 0 Å². The fourth-order valence-electron chi connectivity index (χ4n) is 1.51. The molecule has 0 spiro atoms. The largest absolute Gasteiger partial charge is 0.451 e. The highest BCUT2D eigenvalue weighted by molar-refractivity contribution is 6.36. The first-order valence-electron chi connectivity index (χ1n) is 5.61. The Balaban J connectivity index is 2.18. The molecule has 0 aliphatic rings. The van der Waals surface area contributed by atoms with Crippen molar-refractivity contribution in [2.75, 3.05) is 5.32 Å². The van der Waals surface area contributed by atoms with Gasteiger partial charge in [0.05, 0.1) is 16.8 Å². The van der Waals surface area contributed by atoms with Crippen molar-refractivity contribution >= 4 is 40.6 Å². The van der Waals surface area contributed by atoms with E-state index in [1.54, 1.807) is 6.07 Å². The number of carbonyl (C=O) groups is 2. The van der Waals surface area contributed by atoms with Gasteiger partial charge in [-0.3, -0.25) is 9.59 Å². The molecule has 0 saturated heterocycles. The highest BCUT2D eigenvalue weighted by Crippen LogP contribution is 2.26. The van der Waals surface area contributed by atoms with E-state index in [2.05, 4.69) is 14.7 Å². The first-order chi connectivity index (χ1) is 10.0. The number of anilines is 1. The van der Waals surface area contributed by atoms with Crippen LogP contribution in [0.4, 0.5) is 5.69 Å². The van der Waals surface area contributed by atoms with Crippen LogP contribution in [0.1, 0.15) is 10.5 Å². The van der Waals surface area contributed by atoms with Crippen molar-refractivity contribution in [1.29, 1.82) is 5.26 Å². The van der Waals surface area contributed by atoms with Crippen LogP contribution < -0.4 is 5.32 Å². The maximum Gasteiger partial charge on any atom is 0.249 e. The zero-order valence-corrected chi connectivity index (χ0v) is 11.9. The van der Waals surface area contributed by atoms with Crippen LogP contribution in [0.15, 0.2) is 35.3 Å². The molecule has 8 heteroatoms. The van der Waals surface area contributed by atoms with Crippen molar-refractivity contribution in [2.45, 2.75) is 0 Å². The van der Waals surface area contributed by atoms with Crippen molar-refractivity contribution < 1.29 is 14.0 Å². The van der Waals surface area contributed by atoms with Gasteiger partial charge in [0.15, 0.2) is 12.3 Å². The molecule has 2 aromatic rings. The summed E-state index contributed by atoms with van der Waals surface area (Å²) < 4.78 is 4.65. The third kappa shape index (κ3) is 3.40. The molecule has 0 aliphatic carbocycles.